The molecule has 2 aromatic carbocycles. The lowest BCUT2D eigenvalue weighted by atomic mass is 10.0. The summed E-state index contributed by atoms with van der Waals surface area (Å²) < 4.78 is 5.34. The summed E-state index contributed by atoms with van der Waals surface area (Å²) in [6.07, 6.45) is 0.0981. The van der Waals surface area contributed by atoms with Crippen LogP contribution in [0.2, 0.25) is 0 Å². The smallest absolute Gasteiger partial charge is 0.408 e. The fourth-order valence-electron chi connectivity index (χ4n) is 5.99. The van der Waals surface area contributed by atoms with E-state index in [0.29, 0.717) is 18.4 Å². The minimum atomic E-state index is -0.906. The van der Waals surface area contributed by atoms with Crippen LogP contribution in [0.1, 0.15) is 56.5 Å². The Labute approximate surface area is 265 Å². The Morgan fingerprint density at radius 3 is 2.18 bits per heavy atom. The maximum atomic E-state index is 13.9. The number of carbonyl (C=O) groups is 5. The van der Waals surface area contributed by atoms with Crippen molar-refractivity contribution in [1.29, 1.82) is 0 Å². The van der Waals surface area contributed by atoms with Gasteiger partial charge in [0, 0.05) is 31.9 Å². The number of rotatable bonds is 11. The van der Waals surface area contributed by atoms with E-state index in [1.165, 1.54) is 9.80 Å². The van der Waals surface area contributed by atoms with Crippen molar-refractivity contribution in [2.24, 2.45) is 11.8 Å². The van der Waals surface area contributed by atoms with Crippen molar-refractivity contribution in [3.05, 3.63) is 65.7 Å². The third kappa shape index (κ3) is 8.01. The molecule has 2 aliphatic heterocycles. The van der Waals surface area contributed by atoms with E-state index in [-0.39, 0.29) is 55.0 Å². The van der Waals surface area contributed by atoms with Crippen molar-refractivity contribution < 1.29 is 28.7 Å². The SMILES string of the molecule is CC(C)C[C@H](NC(=O)c1ccc(N(C)C)cc1)C(=O)N1CCC2C1C(=O)CN2C(=O)[C@@H](NC(=O)OCc1ccccc1)C(C)C. The Bertz CT molecular complexity index is 1380. The minimum Gasteiger partial charge on any atom is -0.445 e. The highest BCUT2D eigenvalue weighted by Crippen LogP contribution is 2.32. The largest absolute Gasteiger partial charge is 0.445 e. The van der Waals surface area contributed by atoms with E-state index >= 15 is 0 Å². The number of anilines is 1. The van der Waals surface area contributed by atoms with Gasteiger partial charge in [-0.1, -0.05) is 58.0 Å². The first-order valence-corrected chi connectivity index (χ1v) is 15.6. The fourth-order valence-corrected chi connectivity index (χ4v) is 5.99. The molecule has 0 radical (unpaired) electrons. The van der Waals surface area contributed by atoms with Crippen LogP contribution < -0.4 is 15.5 Å². The highest BCUT2D eigenvalue weighted by Gasteiger charge is 2.53. The van der Waals surface area contributed by atoms with Crippen LogP contribution >= 0.6 is 0 Å². The van der Waals surface area contributed by atoms with Crippen LogP contribution in [0.25, 0.3) is 0 Å². The highest BCUT2D eigenvalue weighted by molar-refractivity contribution is 6.01. The summed E-state index contributed by atoms with van der Waals surface area (Å²) >= 11 is 0. The number of carbonyl (C=O) groups excluding carboxylic acids is 5. The van der Waals surface area contributed by atoms with Gasteiger partial charge in [-0.3, -0.25) is 19.2 Å². The van der Waals surface area contributed by atoms with Crippen LogP contribution in [-0.2, 0) is 25.7 Å². The monoisotopic (exact) mass is 619 g/mol. The Morgan fingerprint density at radius 2 is 1.58 bits per heavy atom. The third-order valence-electron chi connectivity index (χ3n) is 8.36. The van der Waals surface area contributed by atoms with Gasteiger partial charge in [0.25, 0.3) is 5.91 Å². The van der Waals surface area contributed by atoms with Gasteiger partial charge in [-0.05, 0) is 54.5 Å². The average Bonchev–Trinajstić information content (AvgIpc) is 3.59. The van der Waals surface area contributed by atoms with Crippen molar-refractivity contribution in [1.82, 2.24) is 20.4 Å². The van der Waals surface area contributed by atoms with Gasteiger partial charge in [-0.25, -0.2) is 4.79 Å². The molecule has 45 heavy (non-hydrogen) atoms. The molecule has 4 atom stereocenters. The molecule has 11 nitrogen and oxygen atoms in total. The number of nitrogens with zero attached hydrogens (tertiary/aromatic N) is 3. The number of alkyl carbamates (subject to hydrolysis) is 1. The molecule has 4 rings (SSSR count). The first kappa shape index (κ1) is 33.5. The molecule has 2 unspecified atom stereocenters. The van der Waals surface area contributed by atoms with Crippen molar-refractivity contribution >= 4 is 35.3 Å². The third-order valence-corrected chi connectivity index (χ3v) is 8.36. The summed E-state index contributed by atoms with van der Waals surface area (Å²) in [7, 11) is 3.82. The maximum absolute atomic E-state index is 13.9. The molecular formula is C34H45N5O6. The molecule has 0 aromatic heterocycles. The second-order valence-corrected chi connectivity index (χ2v) is 12.8. The molecule has 2 fully saturated rings. The van der Waals surface area contributed by atoms with Crippen molar-refractivity contribution in [3.63, 3.8) is 0 Å². The van der Waals surface area contributed by atoms with Crippen LogP contribution in [-0.4, -0.2) is 90.8 Å². The number of benzene rings is 2. The Balaban J connectivity index is 1.43. The van der Waals surface area contributed by atoms with Gasteiger partial charge in [-0.15, -0.1) is 0 Å². The summed E-state index contributed by atoms with van der Waals surface area (Å²) in [5.74, 6) is -1.49. The zero-order valence-electron chi connectivity index (χ0n) is 27.0. The van der Waals surface area contributed by atoms with E-state index in [1.807, 2.05) is 89.2 Å². The van der Waals surface area contributed by atoms with Gasteiger partial charge in [0.15, 0.2) is 5.78 Å². The number of ketones is 1. The van der Waals surface area contributed by atoms with Crippen LogP contribution in [0.5, 0.6) is 0 Å². The molecule has 0 spiro atoms. The summed E-state index contributed by atoms with van der Waals surface area (Å²) in [4.78, 5) is 71.7. The Hall–Kier alpha value is -4.41. The number of fused-ring (bicyclic) bond motifs is 1. The van der Waals surface area contributed by atoms with Gasteiger partial charge in [0.05, 0.1) is 12.6 Å². The number of hydrogen-bond acceptors (Lipinski definition) is 7. The molecule has 242 valence electrons. The van der Waals surface area contributed by atoms with Crippen molar-refractivity contribution in [2.75, 3.05) is 32.1 Å². The molecule has 0 saturated carbocycles. The normalized spacial score (nSPS) is 18.9. The number of amides is 4. The molecule has 2 N–H and O–H groups in total. The van der Waals surface area contributed by atoms with Gasteiger partial charge < -0.3 is 30.1 Å². The van der Waals surface area contributed by atoms with E-state index in [0.717, 1.165) is 11.3 Å². The van der Waals surface area contributed by atoms with Crippen LogP contribution in [0.3, 0.4) is 0 Å². The van der Waals surface area contributed by atoms with E-state index in [2.05, 4.69) is 10.6 Å². The van der Waals surface area contributed by atoms with Crippen molar-refractivity contribution in [3.8, 4) is 0 Å². The lowest BCUT2D eigenvalue weighted by molar-refractivity contribution is -0.138. The molecule has 2 aromatic rings. The Kier molecular flexibility index (Phi) is 10.8. The number of nitrogens with one attached hydrogen (secondary N) is 2. The van der Waals surface area contributed by atoms with Crippen molar-refractivity contribution in [2.45, 2.75) is 71.3 Å². The van der Waals surface area contributed by atoms with E-state index in [1.54, 1.807) is 12.1 Å². The molecule has 0 bridgehead atoms. The maximum Gasteiger partial charge on any atom is 0.408 e. The van der Waals surface area contributed by atoms with Gasteiger partial charge >= 0.3 is 6.09 Å². The summed E-state index contributed by atoms with van der Waals surface area (Å²) in [5, 5.41) is 5.58. The number of likely N-dealkylation sites (tertiary alicyclic amines) is 2. The number of ether oxygens (including phenoxy) is 1. The van der Waals surface area contributed by atoms with E-state index in [4.69, 9.17) is 4.74 Å². The van der Waals surface area contributed by atoms with Crippen LogP contribution in [0.15, 0.2) is 54.6 Å². The molecule has 11 heteroatoms. The quantitative estimate of drug-likeness (QED) is 0.395. The molecule has 2 aliphatic rings. The predicted octanol–water partition coefficient (Wildman–Crippen LogP) is 3.23. The second-order valence-electron chi connectivity index (χ2n) is 12.8. The number of hydrogen-bond donors (Lipinski definition) is 2. The fraction of sp³-hybridized carbons (Fsp3) is 0.500. The first-order valence-electron chi connectivity index (χ1n) is 15.6. The predicted molar refractivity (Wildman–Crippen MR) is 170 cm³/mol. The molecular weight excluding hydrogens is 574 g/mol. The molecule has 2 heterocycles. The zero-order chi connectivity index (χ0) is 32.8. The number of Topliss-reactive ketones (excluding diaryl/α,β-unsaturated/α-hetero) is 1. The first-order chi connectivity index (χ1) is 21.4. The van der Waals surface area contributed by atoms with Gasteiger partial charge in [0.1, 0.15) is 24.7 Å². The lowest BCUT2D eigenvalue weighted by Crippen LogP contribution is -2.54. The van der Waals surface area contributed by atoms with E-state index in [9.17, 15) is 24.0 Å². The summed E-state index contributed by atoms with van der Waals surface area (Å²) in [5.41, 5.74) is 2.20. The second kappa shape index (κ2) is 14.6. The Morgan fingerprint density at radius 1 is 0.911 bits per heavy atom. The average molecular weight is 620 g/mol. The highest BCUT2D eigenvalue weighted by atomic mass is 16.5. The molecule has 2 saturated heterocycles. The summed E-state index contributed by atoms with van der Waals surface area (Å²) in [6.45, 7) is 7.75. The standard InChI is InChI=1S/C34H45N5O6/c1-21(2)18-26(35-31(41)24-12-14-25(15-13-24)37(5)6)32(42)38-17-16-27-30(38)28(40)19-39(27)33(43)29(22(3)4)36-34(44)45-20-23-10-8-7-9-11-23/h7-15,21-22,26-27,29-30H,16-20H2,1-6H3,(H,35,41)(H,36,44)/t26-,27?,29-,30?/m0/s1. The van der Waals surface area contributed by atoms with Crippen LogP contribution in [0, 0.1) is 11.8 Å². The van der Waals surface area contributed by atoms with Gasteiger partial charge in [-0.2, -0.15) is 0 Å². The molecule has 4 amide bonds. The summed E-state index contributed by atoms with van der Waals surface area (Å²) in [6, 6.07) is 13.3. The van der Waals surface area contributed by atoms with Gasteiger partial charge in [0.2, 0.25) is 11.8 Å². The van der Waals surface area contributed by atoms with E-state index < -0.39 is 30.3 Å². The van der Waals surface area contributed by atoms with Crippen LogP contribution in [0.4, 0.5) is 10.5 Å². The molecule has 0 aliphatic carbocycles. The topological polar surface area (TPSA) is 128 Å². The zero-order valence-corrected chi connectivity index (χ0v) is 27.0. The minimum absolute atomic E-state index is 0.0606. The lowest BCUT2D eigenvalue weighted by Gasteiger charge is -2.30.